The Labute approximate surface area is 121 Å². The van der Waals surface area contributed by atoms with Crippen LogP contribution in [-0.2, 0) is 0 Å². The van der Waals surface area contributed by atoms with Crippen LogP contribution in [0.3, 0.4) is 0 Å². The number of hydrogen-bond acceptors (Lipinski definition) is 3. The highest BCUT2D eigenvalue weighted by atomic mass is 79.9. The second kappa shape index (κ2) is 5.51. The van der Waals surface area contributed by atoms with Crippen molar-refractivity contribution in [1.29, 1.82) is 0 Å². The molecule has 0 saturated heterocycles. The minimum absolute atomic E-state index is 0.125. The number of rotatable bonds is 3. The molecule has 2 rings (SSSR count). The molecule has 1 fully saturated rings. The highest BCUT2D eigenvalue weighted by molar-refractivity contribution is 9.10. The van der Waals surface area contributed by atoms with Crippen molar-refractivity contribution >= 4 is 27.5 Å². The lowest BCUT2D eigenvalue weighted by atomic mass is 10.0. The van der Waals surface area contributed by atoms with E-state index in [-0.39, 0.29) is 5.91 Å². The summed E-state index contributed by atoms with van der Waals surface area (Å²) < 4.78 is 0.616. The molecule has 1 aromatic carbocycles. The van der Waals surface area contributed by atoms with Crippen molar-refractivity contribution in [2.24, 2.45) is 0 Å². The van der Waals surface area contributed by atoms with Gasteiger partial charge in [-0.1, -0.05) is 18.9 Å². The van der Waals surface area contributed by atoms with Crippen molar-refractivity contribution in [3.63, 3.8) is 0 Å². The normalized spacial score (nSPS) is 17.4. The van der Waals surface area contributed by atoms with E-state index in [0.29, 0.717) is 22.3 Å². The lowest BCUT2D eigenvalue weighted by Gasteiger charge is -2.29. The molecule has 0 aromatic heterocycles. The van der Waals surface area contributed by atoms with Crippen molar-refractivity contribution in [1.82, 2.24) is 4.90 Å². The predicted octanol–water partition coefficient (Wildman–Crippen LogP) is 2.41. The van der Waals surface area contributed by atoms with Crippen LogP contribution in [0.1, 0.15) is 36.0 Å². The molecule has 5 heteroatoms. The molecule has 1 aromatic rings. The summed E-state index contributed by atoms with van der Waals surface area (Å²) in [6, 6.07) is 5.23. The van der Waals surface area contributed by atoms with Crippen molar-refractivity contribution in [2.45, 2.75) is 31.3 Å². The summed E-state index contributed by atoms with van der Waals surface area (Å²) in [4.78, 5) is 14.0. The number of nitrogen functional groups attached to an aromatic ring is 1. The van der Waals surface area contributed by atoms with Gasteiger partial charge in [0.1, 0.15) is 0 Å². The van der Waals surface area contributed by atoms with Gasteiger partial charge in [0, 0.05) is 19.3 Å². The fourth-order valence-corrected chi connectivity index (χ4v) is 3.06. The second-order valence-corrected chi connectivity index (χ2v) is 6.09. The molecular weight excluding hydrogens is 308 g/mol. The molecule has 3 N–H and O–H groups in total. The number of anilines is 1. The van der Waals surface area contributed by atoms with Gasteiger partial charge in [0.25, 0.3) is 5.91 Å². The molecule has 0 unspecified atom stereocenters. The second-order valence-electron chi connectivity index (χ2n) is 5.30. The van der Waals surface area contributed by atoms with E-state index in [2.05, 4.69) is 15.9 Å². The minimum atomic E-state index is -0.725. The smallest absolute Gasteiger partial charge is 0.254 e. The van der Waals surface area contributed by atoms with Crippen molar-refractivity contribution < 1.29 is 9.90 Å². The molecule has 0 atom stereocenters. The number of carbonyl (C=O) groups excluding carboxylic acids is 1. The molecule has 1 amide bonds. The maximum absolute atomic E-state index is 12.4. The van der Waals surface area contributed by atoms with E-state index in [0.717, 1.165) is 25.7 Å². The summed E-state index contributed by atoms with van der Waals surface area (Å²) in [6.07, 6.45) is 3.59. The van der Waals surface area contributed by atoms with Crippen LogP contribution in [0.5, 0.6) is 0 Å². The maximum atomic E-state index is 12.4. The molecule has 0 spiro atoms. The first-order chi connectivity index (χ1) is 8.93. The molecule has 1 aliphatic rings. The van der Waals surface area contributed by atoms with E-state index in [9.17, 15) is 9.90 Å². The van der Waals surface area contributed by atoms with Crippen LogP contribution >= 0.6 is 15.9 Å². The summed E-state index contributed by atoms with van der Waals surface area (Å²) >= 11 is 3.34. The average Bonchev–Trinajstić information content (AvgIpc) is 2.78. The topological polar surface area (TPSA) is 66.6 Å². The lowest BCUT2D eigenvalue weighted by Crippen LogP contribution is -2.42. The molecule has 0 radical (unpaired) electrons. The third-order valence-electron chi connectivity index (χ3n) is 3.67. The van der Waals surface area contributed by atoms with Crippen molar-refractivity contribution in [3.8, 4) is 0 Å². The fourth-order valence-electron chi connectivity index (χ4n) is 2.63. The van der Waals surface area contributed by atoms with E-state index in [1.54, 1.807) is 30.1 Å². The van der Waals surface area contributed by atoms with Gasteiger partial charge >= 0.3 is 0 Å². The highest BCUT2D eigenvalue weighted by Gasteiger charge is 2.33. The van der Waals surface area contributed by atoms with E-state index in [4.69, 9.17) is 5.73 Å². The molecule has 0 heterocycles. The number of halogens is 1. The lowest BCUT2D eigenvalue weighted by molar-refractivity contribution is 0.0156. The van der Waals surface area contributed by atoms with Crippen LogP contribution in [0.4, 0.5) is 5.69 Å². The van der Waals surface area contributed by atoms with E-state index in [1.165, 1.54) is 0 Å². The number of nitrogens with zero attached hydrogens (tertiary/aromatic N) is 1. The third-order valence-corrected chi connectivity index (χ3v) is 4.56. The molecule has 104 valence electrons. The fraction of sp³-hybridized carbons (Fsp3) is 0.500. The predicted molar refractivity (Wildman–Crippen MR) is 78.9 cm³/mol. The number of aliphatic hydroxyl groups is 1. The number of carbonyl (C=O) groups is 1. The van der Waals surface area contributed by atoms with E-state index < -0.39 is 5.60 Å². The average molecular weight is 327 g/mol. The molecule has 4 nitrogen and oxygen atoms in total. The zero-order chi connectivity index (χ0) is 14.0. The highest BCUT2D eigenvalue weighted by Crippen LogP contribution is 2.31. The molecule has 1 saturated carbocycles. The maximum Gasteiger partial charge on any atom is 0.254 e. The number of hydrogen-bond donors (Lipinski definition) is 2. The van der Waals surface area contributed by atoms with Gasteiger partial charge in [-0.3, -0.25) is 4.79 Å². The standard InChI is InChI=1S/C14H19BrN2O2/c1-17(9-14(19)7-2-3-8-14)13(18)10-5-4-6-11(16)12(10)15/h4-6,19H,2-3,7-9,16H2,1H3. The van der Waals surface area contributed by atoms with Gasteiger partial charge in [-0.15, -0.1) is 0 Å². The Balaban J connectivity index is 2.12. The van der Waals surface area contributed by atoms with Gasteiger partial charge < -0.3 is 15.7 Å². The van der Waals surface area contributed by atoms with Crippen LogP contribution in [0, 0.1) is 0 Å². The number of benzene rings is 1. The van der Waals surface area contributed by atoms with Crippen LogP contribution in [0.25, 0.3) is 0 Å². The Kier molecular flexibility index (Phi) is 4.16. The van der Waals surface area contributed by atoms with Gasteiger partial charge in [-0.05, 0) is 40.9 Å². The summed E-state index contributed by atoms with van der Waals surface area (Å²) in [6.45, 7) is 0.368. The molecule has 19 heavy (non-hydrogen) atoms. The Morgan fingerprint density at radius 1 is 1.47 bits per heavy atom. The first kappa shape index (κ1) is 14.3. The van der Waals surface area contributed by atoms with E-state index in [1.807, 2.05) is 0 Å². The van der Waals surface area contributed by atoms with Gasteiger partial charge in [0.05, 0.1) is 15.6 Å². The third kappa shape index (κ3) is 3.09. The summed E-state index contributed by atoms with van der Waals surface area (Å²) in [7, 11) is 1.72. The SMILES string of the molecule is CN(CC1(O)CCCC1)C(=O)c1cccc(N)c1Br. The number of nitrogens with two attached hydrogens (primary N) is 1. The van der Waals surface area contributed by atoms with Gasteiger partial charge in [-0.25, -0.2) is 0 Å². The summed E-state index contributed by atoms with van der Waals surface area (Å²) in [5, 5.41) is 10.4. The largest absolute Gasteiger partial charge is 0.398 e. The van der Waals surface area contributed by atoms with Gasteiger partial charge in [0.2, 0.25) is 0 Å². The van der Waals surface area contributed by atoms with E-state index >= 15 is 0 Å². The number of likely N-dealkylation sites (N-methyl/N-ethyl adjacent to an activating group) is 1. The summed E-state index contributed by atoms with van der Waals surface area (Å²) in [5.74, 6) is -0.125. The van der Waals surface area contributed by atoms with Crippen LogP contribution in [0.2, 0.25) is 0 Å². The Morgan fingerprint density at radius 2 is 2.11 bits per heavy atom. The van der Waals surface area contributed by atoms with Crippen LogP contribution in [-0.4, -0.2) is 35.1 Å². The summed E-state index contributed by atoms with van der Waals surface area (Å²) in [5.41, 5.74) is 6.13. The zero-order valence-corrected chi connectivity index (χ0v) is 12.6. The zero-order valence-electron chi connectivity index (χ0n) is 11.0. The Hall–Kier alpha value is -1.07. The first-order valence-corrected chi connectivity index (χ1v) is 7.24. The van der Waals surface area contributed by atoms with Gasteiger partial charge in [0.15, 0.2) is 0 Å². The molecular formula is C14H19BrN2O2. The molecule has 0 bridgehead atoms. The van der Waals surface area contributed by atoms with Gasteiger partial charge in [-0.2, -0.15) is 0 Å². The van der Waals surface area contributed by atoms with Crippen molar-refractivity contribution in [2.75, 3.05) is 19.3 Å². The minimum Gasteiger partial charge on any atom is -0.398 e. The number of amides is 1. The quantitative estimate of drug-likeness (QED) is 0.838. The Morgan fingerprint density at radius 3 is 2.74 bits per heavy atom. The van der Waals surface area contributed by atoms with Crippen molar-refractivity contribution in [3.05, 3.63) is 28.2 Å². The van der Waals surface area contributed by atoms with Crippen LogP contribution < -0.4 is 5.73 Å². The molecule has 1 aliphatic carbocycles. The first-order valence-electron chi connectivity index (χ1n) is 6.45. The van der Waals surface area contributed by atoms with Crippen LogP contribution in [0.15, 0.2) is 22.7 Å². The Bertz CT molecular complexity index is 484. The molecule has 0 aliphatic heterocycles. The monoisotopic (exact) mass is 326 g/mol.